The van der Waals surface area contributed by atoms with Crippen LogP contribution >= 0.6 is 11.6 Å². The molecule has 1 aromatic rings. The molecular formula is C14H23ClN2O. The van der Waals surface area contributed by atoms with Gasteiger partial charge in [-0.3, -0.25) is 0 Å². The Labute approximate surface area is 115 Å². The molecule has 0 saturated heterocycles. The van der Waals surface area contributed by atoms with Crippen LogP contribution in [0.2, 0.25) is 5.02 Å². The van der Waals surface area contributed by atoms with Crippen LogP contribution in [0.3, 0.4) is 0 Å². The lowest BCUT2D eigenvalue weighted by molar-refractivity contribution is 0.137. The van der Waals surface area contributed by atoms with Gasteiger partial charge in [-0.25, -0.2) is 0 Å². The molecule has 4 heteroatoms. The summed E-state index contributed by atoms with van der Waals surface area (Å²) in [4.78, 5) is 2.05. The SMILES string of the molecule is Cc1cc(Cl)c(C(O)C(N)CCN(C)C)cc1C. The van der Waals surface area contributed by atoms with Crippen molar-refractivity contribution in [3.05, 3.63) is 33.8 Å². The van der Waals surface area contributed by atoms with Gasteiger partial charge < -0.3 is 15.7 Å². The van der Waals surface area contributed by atoms with Crippen molar-refractivity contribution in [2.24, 2.45) is 5.73 Å². The van der Waals surface area contributed by atoms with Gasteiger partial charge in [0, 0.05) is 16.6 Å². The van der Waals surface area contributed by atoms with Crippen LogP contribution in [0.15, 0.2) is 12.1 Å². The second-order valence-corrected chi connectivity index (χ2v) is 5.57. The number of benzene rings is 1. The summed E-state index contributed by atoms with van der Waals surface area (Å²) in [6, 6.07) is 3.51. The molecule has 2 atom stereocenters. The first-order valence-corrected chi connectivity index (χ1v) is 6.55. The van der Waals surface area contributed by atoms with Crippen LogP contribution in [0, 0.1) is 13.8 Å². The van der Waals surface area contributed by atoms with Gasteiger partial charge in [-0.15, -0.1) is 0 Å². The van der Waals surface area contributed by atoms with Crippen LogP contribution in [-0.2, 0) is 0 Å². The predicted molar refractivity (Wildman–Crippen MR) is 77.0 cm³/mol. The van der Waals surface area contributed by atoms with Gasteiger partial charge in [0.15, 0.2) is 0 Å². The minimum absolute atomic E-state index is 0.299. The minimum atomic E-state index is -0.711. The molecule has 0 aliphatic rings. The first kappa shape index (κ1) is 15.4. The molecule has 1 rings (SSSR count). The molecule has 0 aromatic heterocycles. The molecule has 0 amide bonds. The maximum absolute atomic E-state index is 10.3. The average molecular weight is 271 g/mol. The van der Waals surface area contributed by atoms with Gasteiger partial charge in [-0.1, -0.05) is 17.7 Å². The van der Waals surface area contributed by atoms with Gasteiger partial charge >= 0.3 is 0 Å². The van der Waals surface area contributed by atoms with E-state index in [0.717, 1.165) is 29.7 Å². The molecule has 0 saturated carbocycles. The second-order valence-electron chi connectivity index (χ2n) is 5.16. The third-order valence-electron chi connectivity index (χ3n) is 3.25. The fourth-order valence-corrected chi connectivity index (χ4v) is 2.16. The zero-order chi connectivity index (χ0) is 13.9. The zero-order valence-corrected chi connectivity index (χ0v) is 12.3. The van der Waals surface area contributed by atoms with Gasteiger partial charge in [0.1, 0.15) is 0 Å². The van der Waals surface area contributed by atoms with E-state index in [0.29, 0.717) is 5.02 Å². The van der Waals surface area contributed by atoms with E-state index in [2.05, 4.69) is 4.90 Å². The van der Waals surface area contributed by atoms with Crippen molar-refractivity contribution in [2.45, 2.75) is 32.4 Å². The van der Waals surface area contributed by atoms with Crippen molar-refractivity contribution in [3.8, 4) is 0 Å². The largest absolute Gasteiger partial charge is 0.387 e. The minimum Gasteiger partial charge on any atom is -0.387 e. The maximum Gasteiger partial charge on any atom is 0.0955 e. The number of aliphatic hydroxyl groups excluding tert-OH is 1. The van der Waals surface area contributed by atoms with E-state index in [1.165, 1.54) is 0 Å². The van der Waals surface area contributed by atoms with Crippen LogP contribution in [-0.4, -0.2) is 36.7 Å². The average Bonchev–Trinajstić information content (AvgIpc) is 2.29. The Morgan fingerprint density at radius 2 is 1.83 bits per heavy atom. The number of rotatable bonds is 5. The normalized spacial score (nSPS) is 14.9. The molecule has 0 radical (unpaired) electrons. The molecule has 0 bridgehead atoms. The van der Waals surface area contributed by atoms with E-state index in [9.17, 15) is 5.11 Å². The van der Waals surface area contributed by atoms with E-state index in [1.807, 2.05) is 40.1 Å². The lowest BCUT2D eigenvalue weighted by Gasteiger charge is -2.22. The summed E-state index contributed by atoms with van der Waals surface area (Å²) in [7, 11) is 3.98. The van der Waals surface area contributed by atoms with Crippen LogP contribution in [0.25, 0.3) is 0 Å². The Balaban J connectivity index is 2.83. The third kappa shape index (κ3) is 3.95. The number of halogens is 1. The summed E-state index contributed by atoms with van der Waals surface area (Å²) in [6.45, 7) is 4.86. The Morgan fingerprint density at radius 1 is 1.28 bits per heavy atom. The standard InChI is InChI=1S/C14H23ClN2O/c1-9-7-11(12(15)8-10(9)2)14(18)13(16)5-6-17(3)4/h7-8,13-14,18H,5-6,16H2,1-4H3. The molecule has 0 aliphatic carbocycles. The molecule has 0 fully saturated rings. The smallest absolute Gasteiger partial charge is 0.0955 e. The molecule has 0 heterocycles. The number of nitrogens with zero attached hydrogens (tertiary/aromatic N) is 1. The van der Waals surface area contributed by atoms with Crippen molar-refractivity contribution in [1.29, 1.82) is 0 Å². The van der Waals surface area contributed by atoms with Crippen LogP contribution in [0.4, 0.5) is 0 Å². The van der Waals surface area contributed by atoms with Crippen molar-refractivity contribution in [2.75, 3.05) is 20.6 Å². The summed E-state index contributed by atoms with van der Waals surface area (Å²) < 4.78 is 0. The number of aryl methyl sites for hydroxylation is 2. The Hall–Kier alpha value is -0.610. The molecule has 18 heavy (non-hydrogen) atoms. The van der Waals surface area contributed by atoms with Gasteiger partial charge in [0.25, 0.3) is 0 Å². The summed E-state index contributed by atoms with van der Waals surface area (Å²) in [5.74, 6) is 0. The molecular weight excluding hydrogens is 248 g/mol. The number of nitrogens with two attached hydrogens (primary N) is 1. The molecule has 0 aliphatic heterocycles. The number of hydrogen-bond donors (Lipinski definition) is 2. The Morgan fingerprint density at radius 3 is 2.39 bits per heavy atom. The lowest BCUT2D eigenvalue weighted by Crippen LogP contribution is -2.32. The summed E-state index contributed by atoms with van der Waals surface area (Å²) in [6.07, 6.45) is 0.0222. The van der Waals surface area contributed by atoms with Crippen molar-refractivity contribution < 1.29 is 5.11 Å². The van der Waals surface area contributed by atoms with E-state index in [4.69, 9.17) is 17.3 Å². The van der Waals surface area contributed by atoms with Gasteiger partial charge in [-0.05, 0) is 58.1 Å². The quantitative estimate of drug-likeness (QED) is 0.863. The Bertz CT molecular complexity index is 407. The van der Waals surface area contributed by atoms with Gasteiger partial charge in [0.2, 0.25) is 0 Å². The first-order valence-electron chi connectivity index (χ1n) is 6.18. The summed E-state index contributed by atoms with van der Waals surface area (Å²) >= 11 is 6.18. The highest BCUT2D eigenvalue weighted by Crippen LogP contribution is 2.28. The molecule has 1 aromatic carbocycles. The first-order chi connectivity index (χ1) is 8.32. The van der Waals surface area contributed by atoms with Gasteiger partial charge in [-0.2, -0.15) is 0 Å². The maximum atomic E-state index is 10.3. The van der Waals surface area contributed by atoms with Crippen LogP contribution < -0.4 is 5.73 Å². The van der Waals surface area contributed by atoms with Crippen molar-refractivity contribution in [3.63, 3.8) is 0 Å². The topological polar surface area (TPSA) is 49.5 Å². The highest BCUT2D eigenvalue weighted by atomic mass is 35.5. The van der Waals surface area contributed by atoms with Crippen molar-refractivity contribution >= 4 is 11.6 Å². The Kier molecular flexibility index (Phi) is 5.60. The second kappa shape index (κ2) is 6.53. The zero-order valence-electron chi connectivity index (χ0n) is 11.6. The fraction of sp³-hybridized carbons (Fsp3) is 0.571. The van der Waals surface area contributed by atoms with E-state index in [1.54, 1.807) is 0 Å². The molecule has 2 unspecified atom stereocenters. The van der Waals surface area contributed by atoms with E-state index >= 15 is 0 Å². The third-order valence-corrected chi connectivity index (χ3v) is 3.57. The molecule has 0 spiro atoms. The molecule has 3 N–H and O–H groups in total. The molecule has 3 nitrogen and oxygen atoms in total. The van der Waals surface area contributed by atoms with Crippen molar-refractivity contribution in [1.82, 2.24) is 4.90 Å². The number of aliphatic hydroxyl groups is 1. The fourth-order valence-electron chi connectivity index (χ4n) is 1.83. The summed E-state index contributed by atoms with van der Waals surface area (Å²) in [5.41, 5.74) is 8.99. The van der Waals surface area contributed by atoms with E-state index < -0.39 is 6.10 Å². The lowest BCUT2D eigenvalue weighted by atomic mass is 9.97. The highest BCUT2D eigenvalue weighted by Gasteiger charge is 2.20. The number of hydrogen-bond acceptors (Lipinski definition) is 3. The summed E-state index contributed by atoms with van der Waals surface area (Å²) in [5, 5.41) is 10.9. The highest BCUT2D eigenvalue weighted by molar-refractivity contribution is 6.31. The monoisotopic (exact) mass is 270 g/mol. The van der Waals surface area contributed by atoms with E-state index in [-0.39, 0.29) is 6.04 Å². The van der Waals surface area contributed by atoms with Gasteiger partial charge in [0.05, 0.1) is 6.10 Å². The van der Waals surface area contributed by atoms with Crippen LogP contribution in [0.1, 0.15) is 29.2 Å². The predicted octanol–water partition coefficient (Wildman–Crippen LogP) is 2.27. The molecule has 102 valence electrons. The van der Waals surface area contributed by atoms with Crippen LogP contribution in [0.5, 0.6) is 0 Å².